The average molecular weight is 409 g/mol. The Kier molecular flexibility index (Phi) is 6.87. The van der Waals surface area contributed by atoms with Crippen molar-refractivity contribution in [2.45, 2.75) is 13.3 Å². The summed E-state index contributed by atoms with van der Waals surface area (Å²) < 4.78 is 5.84. The van der Waals surface area contributed by atoms with Crippen LogP contribution < -0.4 is 15.4 Å². The van der Waals surface area contributed by atoms with E-state index in [1.807, 2.05) is 43.3 Å². The highest BCUT2D eigenvalue weighted by Crippen LogP contribution is 2.33. The normalized spacial score (nSPS) is 10.3. The van der Waals surface area contributed by atoms with Crippen molar-refractivity contribution < 1.29 is 14.3 Å². The predicted molar refractivity (Wildman–Crippen MR) is 115 cm³/mol. The summed E-state index contributed by atoms with van der Waals surface area (Å²) in [5, 5.41) is 6.07. The number of aryl methyl sites for hydroxylation is 1. The largest absolute Gasteiger partial charge is 0.454 e. The standard InChI is InChI=1S/C23H21ClN2O3/c1-16-8-2-3-9-17(16)23(28)25-15-14-22(27)26-19-11-5-7-13-21(19)29-20-12-6-4-10-18(20)24/h2-13H,14-15H2,1H3,(H,25,28)(H,26,27). The van der Waals surface area contributed by atoms with Crippen LogP contribution in [0.15, 0.2) is 72.8 Å². The van der Waals surface area contributed by atoms with Crippen LogP contribution in [-0.2, 0) is 4.79 Å². The van der Waals surface area contributed by atoms with Gasteiger partial charge in [-0.15, -0.1) is 0 Å². The Morgan fingerprint density at radius 1 is 0.897 bits per heavy atom. The number of hydrogen-bond donors (Lipinski definition) is 2. The van der Waals surface area contributed by atoms with Crippen LogP contribution in [-0.4, -0.2) is 18.4 Å². The van der Waals surface area contributed by atoms with Gasteiger partial charge in [0, 0.05) is 18.5 Å². The highest BCUT2D eigenvalue weighted by atomic mass is 35.5. The molecule has 3 rings (SSSR count). The summed E-state index contributed by atoms with van der Waals surface area (Å²) in [5.74, 6) is 0.558. The lowest BCUT2D eigenvalue weighted by Crippen LogP contribution is -2.28. The first kappa shape index (κ1) is 20.4. The van der Waals surface area contributed by atoms with Crippen LogP contribution in [0.2, 0.25) is 5.02 Å². The lowest BCUT2D eigenvalue weighted by molar-refractivity contribution is -0.116. The first-order valence-corrected chi connectivity index (χ1v) is 9.57. The molecule has 3 aromatic rings. The van der Waals surface area contributed by atoms with Crippen LogP contribution in [0.3, 0.4) is 0 Å². The lowest BCUT2D eigenvalue weighted by atomic mass is 10.1. The number of ether oxygens (including phenoxy) is 1. The van der Waals surface area contributed by atoms with Gasteiger partial charge in [0.05, 0.1) is 10.7 Å². The Morgan fingerprint density at radius 3 is 2.31 bits per heavy atom. The van der Waals surface area contributed by atoms with E-state index in [-0.39, 0.29) is 24.8 Å². The van der Waals surface area contributed by atoms with Gasteiger partial charge >= 0.3 is 0 Å². The third-order valence-corrected chi connectivity index (χ3v) is 4.56. The fourth-order valence-corrected chi connectivity index (χ4v) is 2.90. The Balaban J connectivity index is 1.56. The van der Waals surface area contributed by atoms with Crippen LogP contribution in [0.5, 0.6) is 11.5 Å². The number of rotatable bonds is 7. The molecular formula is C23H21ClN2O3. The highest BCUT2D eigenvalue weighted by molar-refractivity contribution is 6.32. The summed E-state index contributed by atoms with van der Waals surface area (Å²) in [5.41, 5.74) is 2.02. The van der Waals surface area contributed by atoms with Crippen molar-refractivity contribution in [1.82, 2.24) is 5.32 Å². The number of para-hydroxylation sites is 3. The summed E-state index contributed by atoms with van der Waals surface area (Å²) in [4.78, 5) is 24.5. The maximum atomic E-state index is 12.3. The maximum Gasteiger partial charge on any atom is 0.251 e. The van der Waals surface area contributed by atoms with Crippen molar-refractivity contribution in [3.8, 4) is 11.5 Å². The van der Waals surface area contributed by atoms with E-state index in [2.05, 4.69) is 10.6 Å². The molecule has 2 N–H and O–H groups in total. The summed E-state index contributed by atoms with van der Waals surface area (Å²) in [6.45, 7) is 2.10. The van der Waals surface area contributed by atoms with Gasteiger partial charge in [-0.3, -0.25) is 9.59 Å². The van der Waals surface area contributed by atoms with Gasteiger partial charge in [0.1, 0.15) is 5.75 Å². The van der Waals surface area contributed by atoms with E-state index in [1.54, 1.807) is 36.4 Å². The Morgan fingerprint density at radius 2 is 1.55 bits per heavy atom. The first-order chi connectivity index (χ1) is 14.0. The molecule has 148 valence electrons. The SMILES string of the molecule is Cc1ccccc1C(=O)NCCC(=O)Nc1ccccc1Oc1ccccc1Cl. The summed E-state index contributed by atoms with van der Waals surface area (Å²) >= 11 is 6.14. The Labute approximate surface area is 174 Å². The molecule has 0 aromatic heterocycles. The van der Waals surface area contributed by atoms with E-state index in [4.69, 9.17) is 16.3 Å². The molecule has 0 aliphatic carbocycles. The van der Waals surface area contributed by atoms with E-state index < -0.39 is 0 Å². The molecule has 0 saturated carbocycles. The van der Waals surface area contributed by atoms with Crippen LogP contribution in [0.4, 0.5) is 5.69 Å². The number of hydrogen-bond acceptors (Lipinski definition) is 3. The number of benzene rings is 3. The topological polar surface area (TPSA) is 67.4 Å². The molecule has 0 spiro atoms. The van der Waals surface area contributed by atoms with Gasteiger partial charge in [-0.25, -0.2) is 0 Å². The van der Waals surface area contributed by atoms with E-state index in [0.29, 0.717) is 27.8 Å². The van der Waals surface area contributed by atoms with E-state index in [0.717, 1.165) is 5.56 Å². The van der Waals surface area contributed by atoms with Gasteiger partial charge in [0.2, 0.25) is 5.91 Å². The molecule has 6 heteroatoms. The number of nitrogens with one attached hydrogen (secondary N) is 2. The summed E-state index contributed by atoms with van der Waals surface area (Å²) in [7, 11) is 0. The lowest BCUT2D eigenvalue weighted by Gasteiger charge is -2.13. The quantitative estimate of drug-likeness (QED) is 0.564. The van der Waals surface area contributed by atoms with E-state index in [9.17, 15) is 9.59 Å². The zero-order valence-corrected chi connectivity index (χ0v) is 16.7. The van der Waals surface area contributed by atoms with Crippen molar-refractivity contribution >= 4 is 29.1 Å². The highest BCUT2D eigenvalue weighted by Gasteiger charge is 2.11. The van der Waals surface area contributed by atoms with Gasteiger partial charge in [0.15, 0.2) is 5.75 Å². The first-order valence-electron chi connectivity index (χ1n) is 9.19. The molecule has 0 fully saturated rings. The molecule has 0 aliphatic rings. The van der Waals surface area contributed by atoms with Gasteiger partial charge < -0.3 is 15.4 Å². The summed E-state index contributed by atoms with van der Waals surface area (Å²) in [6.07, 6.45) is 0.137. The second kappa shape index (κ2) is 9.75. The molecule has 0 atom stereocenters. The smallest absolute Gasteiger partial charge is 0.251 e. The van der Waals surface area contributed by atoms with Crippen molar-refractivity contribution in [2.75, 3.05) is 11.9 Å². The fraction of sp³-hybridized carbons (Fsp3) is 0.130. The zero-order valence-electron chi connectivity index (χ0n) is 15.9. The molecule has 0 bridgehead atoms. The van der Waals surface area contributed by atoms with E-state index in [1.165, 1.54) is 0 Å². The molecule has 5 nitrogen and oxygen atoms in total. The molecule has 29 heavy (non-hydrogen) atoms. The molecule has 2 amide bonds. The Bertz CT molecular complexity index is 1020. The molecule has 3 aromatic carbocycles. The minimum atomic E-state index is -0.231. The third kappa shape index (κ3) is 5.59. The number of carbonyl (C=O) groups excluding carboxylic acids is 2. The molecule has 0 unspecified atom stereocenters. The number of carbonyl (C=O) groups is 2. The van der Waals surface area contributed by atoms with Crippen LogP contribution in [0, 0.1) is 6.92 Å². The van der Waals surface area contributed by atoms with Gasteiger partial charge in [0.25, 0.3) is 5.91 Å². The number of amides is 2. The fourth-order valence-electron chi connectivity index (χ4n) is 2.73. The summed E-state index contributed by atoms with van der Waals surface area (Å²) in [6, 6.07) is 21.5. The maximum absolute atomic E-state index is 12.3. The van der Waals surface area contributed by atoms with Crippen LogP contribution in [0.25, 0.3) is 0 Å². The molecule has 0 radical (unpaired) electrons. The zero-order chi connectivity index (χ0) is 20.6. The predicted octanol–water partition coefficient (Wildman–Crippen LogP) is 5.20. The molecule has 0 aliphatic heterocycles. The number of halogens is 1. The molecular weight excluding hydrogens is 388 g/mol. The van der Waals surface area contributed by atoms with Gasteiger partial charge in [-0.2, -0.15) is 0 Å². The monoisotopic (exact) mass is 408 g/mol. The van der Waals surface area contributed by atoms with Crippen LogP contribution in [0.1, 0.15) is 22.3 Å². The van der Waals surface area contributed by atoms with Crippen molar-refractivity contribution in [3.05, 3.63) is 88.9 Å². The van der Waals surface area contributed by atoms with Crippen molar-refractivity contribution in [1.29, 1.82) is 0 Å². The molecule has 0 saturated heterocycles. The van der Waals surface area contributed by atoms with Crippen molar-refractivity contribution in [2.24, 2.45) is 0 Å². The van der Waals surface area contributed by atoms with E-state index >= 15 is 0 Å². The minimum absolute atomic E-state index is 0.137. The average Bonchev–Trinajstić information content (AvgIpc) is 2.71. The van der Waals surface area contributed by atoms with Crippen LogP contribution >= 0.6 is 11.6 Å². The second-order valence-electron chi connectivity index (χ2n) is 6.40. The molecule has 0 heterocycles. The van der Waals surface area contributed by atoms with Gasteiger partial charge in [-0.1, -0.05) is 54.1 Å². The second-order valence-corrected chi connectivity index (χ2v) is 6.80. The van der Waals surface area contributed by atoms with Crippen molar-refractivity contribution in [3.63, 3.8) is 0 Å². The third-order valence-electron chi connectivity index (χ3n) is 4.25. The van der Waals surface area contributed by atoms with Gasteiger partial charge in [-0.05, 0) is 42.8 Å². The minimum Gasteiger partial charge on any atom is -0.454 e. The number of anilines is 1. The Hall–Kier alpha value is -3.31.